The van der Waals surface area contributed by atoms with Crippen LogP contribution in [0, 0.1) is 0 Å². The summed E-state index contributed by atoms with van der Waals surface area (Å²) < 4.78 is 0. The number of aldehydes is 1. The van der Waals surface area contributed by atoms with Gasteiger partial charge in [-0.1, -0.05) is 36.4 Å². The number of hydrogen-bond acceptors (Lipinski definition) is 1. The van der Waals surface area contributed by atoms with Crippen molar-refractivity contribution in [1.29, 1.82) is 0 Å². The number of carbonyl (C=O) groups excluding carboxylic acids is 1. The highest BCUT2D eigenvalue weighted by Crippen LogP contribution is 2.08. The number of rotatable bonds is 5. The minimum Gasteiger partial charge on any atom is -0.298 e. The highest BCUT2D eigenvalue weighted by molar-refractivity contribution is 5.72. The van der Waals surface area contributed by atoms with Gasteiger partial charge in [-0.25, -0.2) is 0 Å². The Balaban J connectivity index is 2.32. The number of benzene rings is 1. The molecule has 0 amide bonds. The largest absolute Gasteiger partial charge is 0.298 e. The maximum Gasteiger partial charge on any atom is 0.145 e. The molecule has 0 saturated carbocycles. The average Bonchev–Trinajstić information content (AvgIpc) is 2.26. The fourth-order valence-corrected chi connectivity index (χ4v) is 1.41. The molecule has 0 N–H and O–H groups in total. The summed E-state index contributed by atoms with van der Waals surface area (Å²) in [5, 5.41) is 0. The van der Waals surface area contributed by atoms with E-state index in [4.69, 9.17) is 0 Å². The lowest BCUT2D eigenvalue weighted by Crippen LogP contribution is -1.89. The second-order valence-corrected chi connectivity index (χ2v) is 3.32. The molecule has 0 aliphatic rings. The molecule has 1 rings (SSSR count). The van der Waals surface area contributed by atoms with Gasteiger partial charge < -0.3 is 0 Å². The van der Waals surface area contributed by atoms with Crippen LogP contribution in [0.25, 0.3) is 0 Å². The molecule has 0 aliphatic heterocycles. The van der Waals surface area contributed by atoms with Crippen LogP contribution < -0.4 is 0 Å². The highest BCUT2D eigenvalue weighted by atomic mass is 16.1. The van der Waals surface area contributed by atoms with Gasteiger partial charge in [-0.2, -0.15) is 0 Å². The fraction of sp³-hybridized carbons (Fsp3) is 0.308. The third kappa shape index (κ3) is 3.56. The molecule has 0 bridgehead atoms. The number of allylic oxidation sites excluding steroid dienone is 2. The highest BCUT2D eigenvalue weighted by Gasteiger charge is 1.95. The Kier molecular flexibility index (Phi) is 4.70. The van der Waals surface area contributed by atoms with Crippen LogP contribution in [-0.2, 0) is 11.2 Å². The predicted molar refractivity (Wildman–Crippen MR) is 59.2 cm³/mol. The maximum absolute atomic E-state index is 10.5. The van der Waals surface area contributed by atoms with Crippen molar-refractivity contribution in [2.24, 2.45) is 0 Å². The Bertz CT molecular complexity index is 298. The number of aryl methyl sites for hydroxylation is 1. The van der Waals surface area contributed by atoms with Gasteiger partial charge in [0.05, 0.1) is 0 Å². The van der Waals surface area contributed by atoms with E-state index in [9.17, 15) is 4.79 Å². The van der Waals surface area contributed by atoms with Crippen molar-refractivity contribution < 1.29 is 4.79 Å². The summed E-state index contributed by atoms with van der Waals surface area (Å²) >= 11 is 0. The van der Waals surface area contributed by atoms with E-state index < -0.39 is 0 Å². The van der Waals surface area contributed by atoms with Crippen molar-refractivity contribution in [2.45, 2.75) is 26.2 Å². The molecule has 0 atom stereocenters. The maximum atomic E-state index is 10.5. The van der Waals surface area contributed by atoms with Crippen LogP contribution >= 0.6 is 0 Å². The van der Waals surface area contributed by atoms with Crippen molar-refractivity contribution in [3.8, 4) is 0 Å². The van der Waals surface area contributed by atoms with Gasteiger partial charge >= 0.3 is 0 Å². The van der Waals surface area contributed by atoms with Crippen LogP contribution in [0.2, 0.25) is 0 Å². The van der Waals surface area contributed by atoms with Crippen LogP contribution in [0.5, 0.6) is 0 Å². The smallest absolute Gasteiger partial charge is 0.145 e. The third-order valence-corrected chi connectivity index (χ3v) is 2.30. The summed E-state index contributed by atoms with van der Waals surface area (Å²) in [4.78, 5) is 10.5. The molecule has 1 nitrogen and oxygen atoms in total. The first-order valence-electron chi connectivity index (χ1n) is 5.01. The van der Waals surface area contributed by atoms with Crippen LogP contribution in [-0.4, -0.2) is 6.29 Å². The predicted octanol–water partition coefficient (Wildman–Crippen LogP) is 3.15. The molecule has 1 aromatic carbocycles. The summed E-state index contributed by atoms with van der Waals surface area (Å²) in [6.45, 7) is 1.91. The number of carbonyl (C=O) groups is 1. The number of hydrogen-bond donors (Lipinski definition) is 0. The Morgan fingerprint density at radius 2 is 2.00 bits per heavy atom. The zero-order valence-corrected chi connectivity index (χ0v) is 8.57. The van der Waals surface area contributed by atoms with Crippen molar-refractivity contribution in [2.75, 3.05) is 0 Å². The van der Waals surface area contributed by atoms with Crippen molar-refractivity contribution >= 4 is 6.29 Å². The zero-order chi connectivity index (χ0) is 10.2. The van der Waals surface area contributed by atoms with E-state index in [-0.39, 0.29) is 0 Å². The van der Waals surface area contributed by atoms with Gasteiger partial charge in [0.15, 0.2) is 0 Å². The monoisotopic (exact) mass is 188 g/mol. The van der Waals surface area contributed by atoms with Gasteiger partial charge in [-0.15, -0.1) is 0 Å². The van der Waals surface area contributed by atoms with Gasteiger partial charge in [0, 0.05) is 0 Å². The molecule has 0 saturated heterocycles. The van der Waals surface area contributed by atoms with E-state index in [2.05, 4.69) is 12.1 Å². The summed E-state index contributed by atoms with van der Waals surface area (Å²) in [5.74, 6) is 0. The lowest BCUT2D eigenvalue weighted by Gasteiger charge is -2.00. The summed E-state index contributed by atoms with van der Waals surface area (Å²) in [7, 11) is 0. The van der Waals surface area contributed by atoms with Crippen LogP contribution in [0.4, 0.5) is 0 Å². The van der Waals surface area contributed by atoms with Gasteiger partial charge in [0.1, 0.15) is 6.29 Å². The quantitative estimate of drug-likeness (QED) is 0.512. The van der Waals surface area contributed by atoms with Gasteiger partial charge in [-0.3, -0.25) is 4.79 Å². The molecule has 1 heteroatoms. The van der Waals surface area contributed by atoms with E-state index in [1.165, 1.54) is 5.56 Å². The molecule has 0 spiro atoms. The SMILES string of the molecule is C/C=C(/C=O)CCCc1ccccc1. The first kappa shape index (κ1) is 10.7. The first-order valence-corrected chi connectivity index (χ1v) is 5.01. The molecule has 0 radical (unpaired) electrons. The molecular weight excluding hydrogens is 172 g/mol. The summed E-state index contributed by atoms with van der Waals surface area (Å²) in [6, 6.07) is 10.4. The average molecular weight is 188 g/mol. The van der Waals surface area contributed by atoms with Crippen molar-refractivity contribution in [1.82, 2.24) is 0 Å². The fourth-order valence-electron chi connectivity index (χ4n) is 1.41. The van der Waals surface area contributed by atoms with Crippen LogP contribution in [0.3, 0.4) is 0 Å². The van der Waals surface area contributed by atoms with Gasteiger partial charge in [-0.05, 0) is 37.3 Å². The van der Waals surface area contributed by atoms with Crippen molar-refractivity contribution in [3.63, 3.8) is 0 Å². The molecule has 14 heavy (non-hydrogen) atoms. The van der Waals surface area contributed by atoms with Crippen LogP contribution in [0.15, 0.2) is 42.0 Å². The molecule has 74 valence electrons. The molecular formula is C13H16O. The Morgan fingerprint density at radius 1 is 1.29 bits per heavy atom. The molecule has 1 aromatic rings. The lowest BCUT2D eigenvalue weighted by molar-refractivity contribution is -0.105. The van der Waals surface area contributed by atoms with Crippen molar-refractivity contribution in [3.05, 3.63) is 47.5 Å². The van der Waals surface area contributed by atoms with E-state index in [0.717, 1.165) is 31.1 Å². The van der Waals surface area contributed by atoms with E-state index in [1.54, 1.807) is 0 Å². The molecule has 0 aliphatic carbocycles. The second-order valence-electron chi connectivity index (χ2n) is 3.32. The van der Waals surface area contributed by atoms with Crippen LogP contribution in [0.1, 0.15) is 25.3 Å². The topological polar surface area (TPSA) is 17.1 Å². The summed E-state index contributed by atoms with van der Waals surface area (Å²) in [6.07, 6.45) is 5.81. The normalized spacial score (nSPS) is 11.4. The minimum atomic E-state index is 0.884. The third-order valence-electron chi connectivity index (χ3n) is 2.30. The van der Waals surface area contributed by atoms with Gasteiger partial charge in [0.2, 0.25) is 0 Å². The van der Waals surface area contributed by atoms with Gasteiger partial charge in [0.25, 0.3) is 0 Å². The zero-order valence-electron chi connectivity index (χ0n) is 8.57. The molecule has 0 heterocycles. The molecule has 0 fully saturated rings. The second kappa shape index (κ2) is 6.14. The standard InChI is InChI=1S/C13H16O/c1-2-12(11-14)9-6-10-13-7-4-3-5-8-13/h2-5,7-8,11H,6,9-10H2,1H3/b12-2+. The Morgan fingerprint density at radius 3 is 2.57 bits per heavy atom. The van der Waals surface area contributed by atoms with E-state index >= 15 is 0 Å². The summed E-state index contributed by atoms with van der Waals surface area (Å²) in [5.41, 5.74) is 2.25. The molecule has 0 aromatic heterocycles. The molecule has 0 unspecified atom stereocenters. The first-order chi connectivity index (χ1) is 6.86. The van der Waals surface area contributed by atoms with E-state index in [1.807, 2.05) is 31.2 Å². The minimum absolute atomic E-state index is 0.884. The Labute approximate surface area is 85.5 Å². The lowest BCUT2D eigenvalue weighted by atomic mass is 10.0. The van der Waals surface area contributed by atoms with E-state index in [0.29, 0.717) is 0 Å². The Hall–Kier alpha value is -1.37.